The number of allylic oxidation sites excluding steroid dienone is 2. The van der Waals surface area contributed by atoms with Crippen molar-refractivity contribution in [3.63, 3.8) is 0 Å². The fourth-order valence-corrected chi connectivity index (χ4v) is 5.76. The van der Waals surface area contributed by atoms with Gasteiger partial charge in [0.1, 0.15) is 0 Å². The zero-order chi connectivity index (χ0) is 21.6. The van der Waals surface area contributed by atoms with Gasteiger partial charge in [0.25, 0.3) is 0 Å². The predicted octanol–water partition coefficient (Wildman–Crippen LogP) is 2.45. The summed E-state index contributed by atoms with van der Waals surface area (Å²) >= 11 is 0. The molecule has 1 N–H and O–H groups in total. The van der Waals surface area contributed by atoms with Gasteiger partial charge in [-0.3, -0.25) is 13.9 Å². The van der Waals surface area contributed by atoms with Crippen molar-refractivity contribution < 1.29 is 31.2 Å². The number of sulfonamides is 1. The molecule has 3 rings (SSSR count). The average molecular weight is 430 g/mol. The van der Waals surface area contributed by atoms with Crippen LogP contribution in [0.2, 0.25) is 0 Å². The third-order valence-corrected chi connectivity index (χ3v) is 6.79. The molecular formula is C19H21F3N2O4S. The summed E-state index contributed by atoms with van der Waals surface area (Å²) in [4.78, 5) is 24.7. The second kappa shape index (κ2) is 7.16. The number of amides is 1. The Labute approximate surface area is 166 Å². The summed E-state index contributed by atoms with van der Waals surface area (Å²) in [5.41, 5.74) is -0.0271. The lowest BCUT2D eigenvalue weighted by Crippen LogP contribution is -2.55. The van der Waals surface area contributed by atoms with Gasteiger partial charge in [-0.1, -0.05) is 24.3 Å². The Bertz CT molecular complexity index is 987. The molecule has 0 spiro atoms. The number of nitrogens with one attached hydrogen (secondary N) is 1. The highest BCUT2D eigenvalue weighted by Gasteiger charge is 2.59. The number of carbonyl (C=O) groups excluding carboxylic acids is 2. The molecule has 158 valence electrons. The molecule has 2 atom stereocenters. The zero-order valence-corrected chi connectivity index (χ0v) is 16.7. The van der Waals surface area contributed by atoms with Crippen LogP contribution in [0, 0.1) is 0 Å². The quantitative estimate of drug-likeness (QED) is 0.744. The van der Waals surface area contributed by atoms with Crippen LogP contribution in [0.1, 0.15) is 31.7 Å². The van der Waals surface area contributed by atoms with E-state index in [0.29, 0.717) is 29.7 Å². The zero-order valence-electron chi connectivity index (χ0n) is 15.9. The summed E-state index contributed by atoms with van der Waals surface area (Å²) in [6, 6.07) is 5.78. The van der Waals surface area contributed by atoms with Crippen LogP contribution in [0.15, 0.2) is 35.9 Å². The van der Waals surface area contributed by atoms with Gasteiger partial charge >= 0.3 is 12.1 Å². The molecule has 1 fully saturated rings. The normalized spacial score (nSPS) is 25.7. The van der Waals surface area contributed by atoms with Crippen molar-refractivity contribution in [1.29, 1.82) is 0 Å². The maximum atomic E-state index is 13.4. The Hall–Kier alpha value is -2.36. The Morgan fingerprint density at radius 1 is 1.34 bits per heavy atom. The lowest BCUT2D eigenvalue weighted by atomic mass is 9.63. The first-order valence-corrected chi connectivity index (χ1v) is 10.9. The molecule has 1 aliphatic heterocycles. The summed E-state index contributed by atoms with van der Waals surface area (Å²) in [5.74, 6) is -2.40. The molecule has 10 heteroatoms. The van der Waals surface area contributed by atoms with Gasteiger partial charge < -0.3 is 5.32 Å². The smallest absolute Gasteiger partial charge is 0.348 e. The monoisotopic (exact) mass is 430 g/mol. The number of halogens is 3. The lowest BCUT2D eigenvalue weighted by molar-refractivity contribution is -0.173. The van der Waals surface area contributed by atoms with Crippen LogP contribution in [0.5, 0.6) is 0 Å². The van der Waals surface area contributed by atoms with Gasteiger partial charge in [-0.15, -0.1) is 0 Å². The van der Waals surface area contributed by atoms with Gasteiger partial charge in [-0.2, -0.15) is 13.2 Å². The van der Waals surface area contributed by atoms with E-state index < -0.39 is 40.1 Å². The van der Waals surface area contributed by atoms with Gasteiger partial charge in [0.05, 0.1) is 23.4 Å². The van der Waals surface area contributed by atoms with Gasteiger partial charge in [-0.05, 0) is 43.4 Å². The minimum absolute atomic E-state index is 0.140. The van der Waals surface area contributed by atoms with Crippen LogP contribution in [0.3, 0.4) is 0 Å². The number of anilines is 1. The van der Waals surface area contributed by atoms with Crippen molar-refractivity contribution in [2.75, 3.05) is 17.1 Å². The third-order valence-electron chi connectivity index (χ3n) is 5.63. The first-order chi connectivity index (χ1) is 13.4. The Balaban J connectivity index is 2.09. The van der Waals surface area contributed by atoms with Gasteiger partial charge in [0, 0.05) is 6.54 Å². The number of hydrogen-bond donors (Lipinski definition) is 1. The van der Waals surface area contributed by atoms with Gasteiger partial charge in [-0.25, -0.2) is 8.42 Å². The number of nitrogens with zero attached hydrogens (tertiary/aromatic N) is 1. The number of ketones is 1. The van der Waals surface area contributed by atoms with E-state index in [1.54, 1.807) is 37.3 Å². The number of rotatable bonds is 4. The van der Waals surface area contributed by atoms with Crippen molar-refractivity contribution in [1.82, 2.24) is 5.32 Å². The van der Waals surface area contributed by atoms with E-state index in [4.69, 9.17) is 0 Å². The molecule has 6 nitrogen and oxygen atoms in total. The largest absolute Gasteiger partial charge is 0.471 e. The topological polar surface area (TPSA) is 83.6 Å². The summed E-state index contributed by atoms with van der Waals surface area (Å²) < 4.78 is 64.0. The maximum absolute atomic E-state index is 13.4. The standard InChI is InChI=1S/C19H21F3N2O4S/c1-3-12-8-9-15-18(16(12)25,10-11-23-17(26)19(20,21)22)13-6-4-5-7-14(13)24(15)29(2,27)28/h3-7,15H,8-11H2,1-2H3,(H,23,26)/b12-3+/t15-,18-/m0/s1. The molecule has 2 aliphatic rings. The summed E-state index contributed by atoms with van der Waals surface area (Å²) in [5, 5.41) is 1.81. The first-order valence-electron chi connectivity index (χ1n) is 9.08. The molecule has 0 saturated heterocycles. The third kappa shape index (κ3) is 3.43. The minimum Gasteiger partial charge on any atom is -0.348 e. The van der Waals surface area contributed by atoms with E-state index in [9.17, 15) is 31.2 Å². The molecule has 0 unspecified atom stereocenters. The highest BCUT2D eigenvalue weighted by molar-refractivity contribution is 7.92. The van der Waals surface area contributed by atoms with E-state index in [2.05, 4.69) is 0 Å². The van der Waals surface area contributed by atoms with Gasteiger partial charge in [0.15, 0.2) is 5.78 Å². The fraction of sp³-hybridized carbons (Fsp3) is 0.474. The molecule has 1 aromatic rings. The number of benzene rings is 1. The first kappa shape index (κ1) is 21.4. The molecule has 1 aromatic carbocycles. The molecular weight excluding hydrogens is 409 g/mol. The molecule has 1 heterocycles. The van der Waals surface area contributed by atoms with E-state index in [0.717, 1.165) is 6.26 Å². The van der Waals surface area contributed by atoms with Crippen LogP contribution >= 0.6 is 0 Å². The summed E-state index contributed by atoms with van der Waals surface area (Å²) in [6.45, 7) is 1.28. The Morgan fingerprint density at radius 2 is 2.00 bits per heavy atom. The van der Waals surface area contributed by atoms with Crippen molar-refractivity contribution in [3.8, 4) is 0 Å². The second-order valence-corrected chi connectivity index (χ2v) is 9.11. The van der Waals surface area contributed by atoms with Crippen LogP contribution in [-0.2, 0) is 25.0 Å². The Morgan fingerprint density at radius 3 is 2.59 bits per heavy atom. The van der Waals surface area contributed by atoms with E-state index >= 15 is 0 Å². The van der Waals surface area contributed by atoms with Gasteiger partial charge in [0.2, 0.25) is 10.0 Å². The van der Waals surface area contributed by atoms with E-state index in [1.807, 2.05) is 5.32 Å². The molecule has 1 aliphatic carbocycles. The number of hydrogen-bond acceptors (Lipinski definition) is 4. The number of Topliss-reactive ketones (excluding diaryl/α,β-unsaturated/α-hetero) is 1. The summed E-state index contributed by atoms with van der Waals surface area (Å²) in [6.07, 6.45) is -1.76. The molecule has 0 aromatic heterocycles. The highest BCUT2D eigenvalue weighted by atomic mass is 32.2. The maximum Gasteiger partial charge on any atom is 0.471 e. The Kier molecular flexibility index (Phi) is 5.27. The fourth-order valence-electron chi connectivity index (χ4n) is 4.49. The molecule has 1 saturated carbocycles. The number of alkyl halides is 3. The molecule has 1 amide bonds. The number of fused-ring (bicyclic) bond motifs is 3. The lowest BCUT2D eigenvalue weighted by Gasteiger charge is -2.41. The van der Waals surface area contributed by atoms with E-state index in [1.165, 1.54) is 4.31 Å². The molecule has 0 radical (unpaired) electrons. The SMILES string of the molecule is C/C=C1\CC[C@@H]2N(S(C)(=O)=O)c3ccccc3[C@]2(CCNC(=O)C(F)(F)F)C1=O. The van der Waals surface area contributed by atoms with Crippen molar-refractivity contribution in [2.24, 2.45) is 0 Å². The number of carbonyl (C=O) groups is 2. The van der Waals surface area contributed by atoms with Crippen LogP contribution in [-0.4, -0.2) is 45.1 Å². The summed E-state index contributed by atoms with van der Waals surface area (Å²) in [7, 11) is -3.74. The number of para-hydroxylation sites is 1. The minimum atomic E-state index is -5.03. The van der Waals surface area contributed by atoms with Crippen molar-refractivity contribution in [2.45, 2.75) is 43.8 Å². The van der Waals surface area contributed by atoms with Crippen molar-refractivity contribution >= 4 is 27.4 Å². The highest BCUT2D eigenvalue weighted by Crippen LogP contribution is 2.54. The second-order valence-electron chi connectivity index (χ2n) is 7.25. The molecule has 29 heavy (non-hydrogen) atoms. The van der Waals surface area contributed by atoms with Crippen LogP contribution < -0.4 is 9.62 Å². The molecule has 0 bridgehead atoms. The van der Waals surface area contributed by atoms with E-state index in [-0.39, 0.29) is 12.2 Å². The van der Waals surface area contributed by atoms with Crippen LogP contribution in [0.25, 0.3) is 0 Å². The average Bonchev–Trinajstić information content (AvgIpc) is 2.93. The predicted molar refractivity (Wildman–Crippen MR) is 101 cm³/mol. The van der Waals surface area contributed by atoms with Crippen molar-refractivity contribution in [3.05, 3.63) is 41.5 Å². The van der Waals surface area contributed by atoms with Crippen LogP contribution in [0.4, 0.5) is 18.9 Å².